The highest BCUT2D eigenvalue weighted by atomic mass is 16.1. The van der Waals surface area contributed by atoms with Gasteiger partial charge in [-0.1, -0.05) is 30.3 Å². The lowest BCUT2D eigenvalue weighted by molar-refractivity contribution is 0.104. The van der Waals surface area contributed by atoms with Crippen LogP contribution in [-0.2, 0) is 0 Å². The van der Waals surface area contributed by atoms with Crippen molar-refractivity contribution in [3.8, 4) is 0 Å². The van der Waals surface area contributed by atoms with Gasteiger partial charge in [0.15, 0.2) is 5.78 Å². The Bertz CT molecular complexity index is 804. The number of pyridine rings is 1. The van der Waals surface area contributed by atoms with Crippen molar-refractivity contribution < 1.29 is 4.79 Å². The molecule has 0 radical (unpaired) electrons. The van der Waals surface area contributed by atoms with Gasteiger partial charge in [-0.15, -0.1) is 0 Å². The Labute approximate surface area is 117 Å². The predicted molar refractivity (Wildman–Crippen MR) is 80.8 cm³/mol. The number of benzene rings is 2. The summed E-state index contributed by atoms with van der Waals surface area (Å²) in [6, 6.07) is 13.0. The number of carbonyl (C=O) groups excluding carboxylic acids is 1. The van der Waals surface area contributed by atoms with E-state index in [0.717, 1.165) is 16.3 Å². The number of hydrogen-bond donors (Lipinski definition) is 1. The maximum absolute atomic E-state index is 12.6. The Hall–Kier alpha value is -2.68. The van der Waals surface area contributed by atoms with Gasteiger partial charge in [-0.2, -0.15) is 0 Å². The summed E-state index contributed by atoms with van der Waals surface area (Å²) in [6.45, 7) is 1.92. The van der Waals surface area contributed by atoms with E-state index in [1.807, 2.05) is 43.3 Å². The van der Waals surface area contributed by atoms with E-state index in [1.54, 1.807) is 18.5 Å². The standard InChI is InChI=1S/C17H14N2O/c1-11-5-6-13(9-16(11)18)17(20)14-4-2-3-12-7-8-19-10-15(12)14/h2-10H,18H2,1H3. The zero-order valence-electron chi connectivity index (χ0n) is 11.1. The monoisotopic (exact) mass is 262 g/mol. The molecule has 3 aromatic rings. The minimum absolute atomic E-state index is 0.0321. The lowest BCUT2D eigenvalue weighted by Gasteiger charge is -2.07. The number of aromatic nitrogens is 1. The van der Waals surface area contributed by atoms with Gasteiger partial charge in [0, 0.05) is 34.6 Å². The number of aryl methyl sites for hydroxylation is 1. The van der Waals surface area contributed by atoms with E-state index in [-0.39, 0.29) is 5.78 Å². The smallest absolute Gasteiger partial charge is 0.193 e. The van der Waals surface area contributed by atoms with Gasteiger partial charge in [-0.05, 0) is 30.0 Å². The first-order valence-corrected chi connectivity index (χ1v) is 6.40. The molecule has 0 saturated heterocycles. The first-order valence-electron chi connectivity index (χ1n) is 6.40. The Morgan fingerprint density at radius 3 is 2.80 bits per heavy atom. The molecular weight excluding hydrogens is 248 g/mol. The van der Waals surface area contributed by atoms with E-state index in [1.165, 1.54) is 0 Å². The first-order chi connectivity index (χ1) is 9.66. The van der Waals surface area contributed by atoms with Crippen LogP contribution in [-0.4, -0.2) is 10.8 Å². The molecule has 3 heteroatoms. The summed E-state index contributed by atoms with van der Waals surface area (Å²) in [5, 5.41) is 1.87. The maximum Gasteiger partial charge on any atom is 0.193 e. The SMILES string of the molecule is Cc1ccc(C(=O)c2cccc3ccncc23)cc1N. The number of rotatable bonds is 2. The summed E-state index contributed by atoms with van der Waals surface area (Å²) in [7, 11) is 0. The van der Waals surface area contributed by atoms with Crippen molar-refractivity contribution in [3.05, 3.63) is 71.5 Å². The maximum atomic E-state index is 12.6. The van der Waals surface area contributed by atoms with E-state index in [4.69, 9.17) is 5.73 Å². The molecule has 0 aliphatic carbocycles. The normalized spacial score (nSPS) is 10.7. The fourth-order valence-corrected chi connectivity index (χ4v) is 2.25. The van der Waals surface area contributed by atoms with Gasteiger partial charge < -0.3 is 5.73 Å². The second-order valence-electron chi connectivity index (χ2n) is 4.80. The zero-order chi connectivity index (χ0) is 14.1. The van der Waals surface area contributed by atoms with E-state index in [0.29, 0.717) is 16.8 Å². The van der Waals surface area contributed by atoms with E-state index in [2.05, 4.69) is 4.98 Å². The van der Waals surface area contributed by atoms with Crippen molar-refractivity contribution >= 4 is 22.2 Å². The number of fused-ring (bicyclic) bond motifs is 1. The third-order valence-electron chi connectivity index (χ3n) is 3.47. The van der Waals surface area contributed by atoms with Gasteiger partial charge in [0.2, 0.25) is 0 Å². The van der Waals surface area contributed by atoms with Crippen LogP contribution < -0.4 is 5.73 Å². The summed E-state index contributed by atoms with van der Waals surface area (Å²) in [4.78, 5) is 16.7. The average molecular weight is 262 g/mol. The largest absolute Gasteiger partial charge is 0.398 e. The molecule has 2 N–H and O–H groups in total. The minimum atomic E-state index is -0.0321. The molecule has 0 aliphatic rings. The summed E-state index contributed by atoms with van der Waals surface area (Å²) >= 11 is 0. The van der Waals surface area contributed by atoms with E-state index in [9.17, 15) is 4.79 Å². The van der Waals surface area contributed by atoms with Crippen LogP contribution in [0.1, 0.15) is 21.5 Å². The molecule has 0 fully saturated rings. The molecule has 0 amide bonds. The minimum Gasteiger partial charge on any atom is -0.398 e. The summed E-state index contributed by atoms with van der Waals surface area (Å²) in [5.74, 6) is -0.0321. The Morgan fingerprint density at radius 2 is 2.00 bits per heavy atom. The van der Waals surface area contributed by atoms with Crippen LogP contribution in [0.5, 0.6) is 0 Å². The third kappa shape index (κ3) is 2.03. The molecule has 1 heterocycles. The number of ketones is 1. The third-order valence-corrected chi connectivity index (χ3v) is 3.47. The van der Waals surface area contributed by atoms with Crippen molar-refractivity contribution in [2.45, 2.75) is 6.92 Å². The molecule has 3 nitrogen and oxygen atoms in total. The molecule has 98 valence electrons. The number of nitrogen functional groups attached to an aromatic ring is 1. The van der Waals surface area contributed by atoms with Crippen molar-refractivity contribution in [3.63, 3.8) is 0 Å². The van der Waals surface area contributed by atoms with Gasteiger partial charge in [-0.25, -0.2) is 0 Å². The second-order valence-corrected chi connectivity index (χ2v) is 4.80. The van der Waals surface area contributed by atoms with Gasteiger partial charge in [0.25, 0.3) is 0 Å². The quantitative estimate of drug-likeness (QED) is 0.569. The molecule has 0 unspecified atom stereocenters. The van der Waals surface area contributed by atoms with Gasteiger partial charge in [0.05, 0.1) is 0 Å². The molecule has 0 aliphatic heterocycles. The van der Waals surface area contributed by atoms with Crippen LogP contribution in [0.4, 0.5) is 5.69 Å². The van der Waals surface area contributed by atoms with E-state index < -0.39 is 0 Å². The molecule has 20 heavy (non-hydrogen) atoms. The van der Waals surface area contributed by atoms with Crippen molar-refractivity contribution in [1.82, 2.24) is 4.98 Å². The average Bonchev–Trinajstić information content (AvgIpc) is 2.49. The van der Waals surface area contributed by atoms with Gasteiger partial charge in [0.1, 0.15) is 0 Å². The summed E-state index contributed by atoms with van der Waals surface area (Å²) in [5.41, 5.74) is 8.74. The predicted octanol–water partition coefficient (Wildman–Crippen LogP) is 3.36. The van der Waals surface area contributed by atoms with Crippen molar-refractivity contribution in [1.29, 1.82) is 0 Å². The summed E-state index contributed by atoms with van der Waals surface area (Å²) < 4.78 is 0. The molecule has 1 aromatic heterocycles. The second kappa shape index (κ2) is 4.78. The van der Waals surface area contributed by atoms with Crippen LogP contribution >= 0.6 is 0 Å². The van der Waals surface area contributed by atoms with Crippen LogP contribution in [0.15, 0.2) is 54.9 Å². The molecule has 0 atom stereocenters. The molecule has 2 aromatic carbocycles. The molecule has 0 spiro atoms. The Kier molecular flexibility index (Phi) is 2.95. The van der Waals surface area contributed by atoms with Crippen molar-refractivity contribution in [2.24, 2.45) is 0 Å². The summed E-state index contributed by atoms with van der Waals surface area (Å²) in [6.07, 6.45) is 3.45. The lowest BCUT2D eigenvalue weighted by atomic mass is 9.97. The number of nitrogens with zero attached hydrogens (tertiary/aromatic N) is 1. The molecule has 0 saturated carbocycles. The van der Waals surface area contributed by atoms with Gasteiger partial charge in [-0.3, -0.25) is 9.78 Å². The molecule has 3 rings (SSSR count). The Morgan fingerprint density at radius 1 is 1.15 bits per heavy atom. The lowest BCUT2D eigenvalue weighted by Crippen LogP contribution is -2.04. The van der Waals surface area contributed by atoms with E-state index >= 15 is 0 Å². The highest BCUT2D eigenvalue weighted by Gasteiger charge is 2.13. The zero-order valence-corrected chi connectivity index (χ0v) is 11.1. The highest BCUT2D eigenvalue weighted by molar-refractivity contribution is 6.16. The van der Waals surface area contributed by atoms with Crippen LogP contribution in [0.3, 0.4) is 0 Å². The number of hydrogen-bond acceptors (Lipinski definition) is 3. The number of nitrogens with two attached hydrogens (primary N) is 1. The number of anilines is 1. The van der Waals surface area contributed by atoms with Crippen molar-refractivity contribution in [2.75, 3.05) is 5.73 Å². The first kappa shape index (κ1) is 12.4. The van der Waals surface area contributed by atoms with Crippen LogP contribution in [0.25, 0.3) is 10.8 Å². The molecular formula is C17H14N2O. The molecule has 0 bridgehead atoms. The highest BCUT2D eigenvalue weighted by Crippen LogP contribution is 2.22. The fourth-order valence-electron chi connectivity index (χ4n) is 2.25. The fraction of sp³-hybridized carbons (Fsp3) is 0.0588. The topological polar surface area (TPSA) is 56.0 Å². The number of carbonyl (C=O) groups is 1. The van der Waals surface area contributed by atoms with Gasteiger partial charge >= 0.3 is 0 Å². The van der Waals surface area contributed by atoms with Crippen LogP contribution in [0, 0.1) is 6.92 Å². The Balaban J connectivity index is 2.15. The van der Waals surface area contributed by atoms with Crippen LogP contribution in [0.2, 0.25) is 0 Å².